The van der Waals surface area contributed by atoms with Gasteiger partial charge in [0.1, 0.15) is 0 Å². The van der Waals surface area contributed by atoms with Crippen LogP contribution >= 0.6 is 0 Å². The summed E-state index contributed by atoms with van der Waals surface area (Å²) < 4.78 is 5.21. The molecule has 1 amide bonds. The number of amides is 1. The van der Waals surface area contributed by atoms with E-state index >= 15 is 0 Å². The molecule has 0 rings (SSSR count). The summed E-state index contributed by atoms with van der Waals surface area (Å²) in [5.41, 5.74) is -0.936. The number of ether oxygens (including phenoxy) is 1. The highest BCUT2D eigenvalue weighted by Gasteiger charge is 2.27. The summed E-state index contributed by atoms with van der Waals surface area (Å²) in [4.78, 5) is 22.1. The fraction of sp³-hybridized carbons (Fsp3) is 0.818. The van der Waals surface area contributed by atoms with Crippen LogP contribution in [0.2, 0.25) is 0 Å². The lowest BCUT2D eigenvalue weighted by Crippen LogP contribution is -2.39. The monoisotopic (exact) mass is 231 g/mol. The van der Waals surface area contributed by atoms with Gasteiger partial charge < -0.3 is 15.2 Å². The van der Waals surface area contributed by atoms with Gasteiger partial charge in [-0.1, -0.05) is 0 Å². The maximum absolute atomic E-state index is 11.3. The van der Waals surface area contributed by atoms with Crippen molar-refractivity contribution in [2.75, 3.05) is 13.2 Å². The molecule has 0 unspecified atom stereocenters. The second-order valence-corrected chi connectivity index (χ2v) is 4.64. The van der Waals surface area contributed by atoms with Crippen LogP contribution in [-0.4, -0.2) is 36.2 Å². The number of carboxylic acid groups (broad SMARTS) is 1. The number of carboxylic acids is 1. The van der Waals surface area contributed by atoms with Gasteiger partial charge in [0.25, 0.3) is 0 Å². The van der Waals surface area contributed by atoms with Crippen molar-refractivity contribution in [3.8, 4) is 0 Å². The Hall–Kier alpha value is -1.10. The minimum Gasteiger partial charge on any atom is -0.481 e. The first-order chi connectivity index (χ1) is 7.25. The molecule has 0 spiro atoms. The number of hydrogen-bond acceptors (Lipinski definition) is 3. The van der Waals surface area contributed by atoms with Crippen molar-refractivity contribution >= 4 is 11.9 Å². The zero-order valence-corrected chi connectivity index (χ0v) is 10.4. The first-order valence-electron chi connectivity index (χ1n) is 5.37. The van der Waals surface area contributed by atoms with Crippen molar-refractivity contribution in [2.24, 2.45) is 5.41 Å². The molecule has 94 valence electrons. The molecule has 0 aromatic carbocycles. The fourth-order valence-electron chi connectivity index (χ4n) is 0.871. The van der Waals surface area contributed by atoms with Gasteiger partial charge in [-0.2, -0.15) is 0 Å². The van der Waals surface area contributed by atoms with E-state index in [1.807, 2.05) is 13.8 Å². The molecular formula is C11H21NO4. The van der Waals surface area contributed by atoms with Crippen molar-refractivity contribution in [2.45, 2.75) is 40.2 Å². The van der Waals surface area contributed by atoms with Crippen molar-refractivity contribution in [3.63, 3.8) is 0 Å². The molecule has 5 nitrogen and oxygen atoms in total. The third-order valence-electron chi connectivity index (χ3n) is 2.09. The molecule has 16 heavy (non-hydrogen) atoms. The van der Waals surface area contributed by atoms with E-state index in [2.05, 4.69) is 5.32 Å². The summed E-state index contributed by atoms with van der Waals surface area (Å²) in [7, 11) is 0. The van der Waals surface area contributed by atoms with E-state index in [4.69, 9.17) is 9.84 Å². The molecule has 0 saturated carbocycles. The summed E-state index contributed by atoms with van der Waals surface area (Å²) in [5, 5.41) is 11.4. The molecule has 0 saturated heterocycles. The smallest absolute Gasteiger partial charge is 0.310 e. The van der Waals surface area contributed by atoms with Crippen LogP contribution in [0.25, 0.3) is 0 Å². The van der Waals surface area contributed by atoms with Crippen molar-refractivity contribution in [1.29, 1.82) is 0 Å². The predicted molar refractivity (Wildman–Crippen MR) is 60.1 cm³/mol. The van der Waals surface area contributed by atoms with Gasteiger partial charge in [-0.25, -0.2) is 0 Å². The number of rotatable bonds is 7. The molecule has 0 heterocycles. The lowest BCUT2D eigenvalue weighted by molar-refractivity contribution is -0.146. The second-order valence-electron chi connectivity index (χ2n) is 4.64. The summed E-state index contributed by atoms with van der Waals surface area (Å²) in [6.45, 7) is 7.41. The molecule has 0 aromatic rings. The molecule has 0 fully saturated rings. The van der Waals surface area contributed by atoms with E-state index in [0.717, 1.165) is 0 Å². The van der Waals surface area contributed by atoms with E-state index in [-0.39, 0.29) is 25.0 Å². The van der Waals surface area contributed by atoms with Crippen LogP contribution < -0.4 is 5.32 Å². The van der Waals surface area contributed by atoms with Gasteiger partial charge >= 0.3 is 5.97 Å². The van der Waals surface area contributed by atoms with E-state index in [9.17, 15) is 9.59 Å². The zero-order valence-electron chi connectivity index (χ0n) is 10.4. The summed E-state index contributed by atoms with van der Waals surface area (Å²) in [6.07, 6.45) is 0.358. The number of hydrogen-bond donors (Lipinski definition) is 2. The normalized spacial score (nSPS) is 11.6. The average molecular weight is 231 g/mol. The van der Waals surface area contributed by atoms with E-state index in [1.165, 1.54) is 0 Å². The number of carbonyl (C=O) groups excluding carboxylic acids is 1. The Morgan fingerprint density at radius 1 is 1.38 bits per heavy atom. The van der Waals surface area contributed by atoms with Crippen LogP contribution in [0.5, 0.6) is 0 Å². The molecule has 5 heteroatoms. The van der Waals surface area contributed by atoms with Gasteiger partial charge in [-0.3, -0.25) is 9.59 Å². The van der Waals surface area contributed by atoms with Crippen LogP contribution in [0.1, 0.15) is 34.1 Å². The first-order valence-corrected chi connectivity index (χ1v) is 5.37. The minimum absolute atomic E-state index is 0.100. The van der Waals surface area contributed by atoms with Crippen molar-refractivity contribution in [1.82, 2.24) is 5.32 Å². The Morgan fingerprint density at radius 2 is 1.94 bits per heavy atom. The van der Waals surface area contributed by atoms with Gasteiger partial charge in [0, 0.05) is 13.0 Å². The van der Waals surface area contributed by atoms with E-state index in [1.54, 1.807) is 13.8 Å². The maximum atomic E-state index is 11.3. The second kappa shape index (κ2) is 6.48. The third-order valence-corrected chi connectivity index (χ3v) is 2.09. The van der Waals surface area contributed by atoms with Crippen LogP contribution in [0, 0.1) is 5.41 Å². The summed E-state index contributed by atoms with van der Waals surface area (Å²) in [5.74, 6) is -1.11. The molecule has 2 N–H and O–H groups in total. The number of carbonyl (C=O) groups is 2. The van der Waals surface area contributed by atoms with Gasteiger partial charge in [-0.15, -0.1) is 0 Å². The first kappa shape index (κ1) is 14.9. The van der Waals surface area contributed by atoms with Crippen LogP contribution in [0.3, 0.4) is 0 Å². The lowest BCUT2D eigenvalue weighted by atomic mass is 9.94. The topological polar surface area (TPSA) is 75.6 Å². The Kier molecular flexibility index (Phi) is 6.03. The fourth-order valence-corrected chi connectivity index (χ4v) is 0.871. The average Bonchev–Trinajstić information content (AvgIpc) is 2.14. The van der Waals surface area contributed by atoms with Crippen LogP contribution in [0.15, 0.2) is 0 Å². The Bertz CT molecular complexity index is 248. The van der Waals surface area contributed by atoms with Gasteiger partial charge in [0.2, 0.25) is 5.91 Å². The Morgan fingerprint density at radius 3 is 2.38 bits per heavy atom. The standard InChI is InChI=1S/C11H21NO4/c1-8(2)16-6-5-9(13)12-7-11(3,4)10(14)15/h8H,5-7H2,1-4H3,(H,12,13)(H,14,15). The van der Waals surface area contributed by atoms with Crippen molar-refractivity contribution in [3.05, 3.63) is 0 Å². The van der Waals surface area contributed by atoms with Gasteiger partial charge in [0.05, 0.1) is 18.1 Å². The zero-order chi connectivity index (χ0) is 12.8. The van der Waals surface area contributed by atoms with Crippen molar-refractivity contribution < 1.29 is 19.4 Å². The van der Waals surface area contributed by atoms with Crippen LogP contribution in [-0.2, 0) is 14.3 Å². The SMILES string of the molecule is CC(C)OCCC(=O)NCC(C)(C)C(=O)O. The molecule has 0 aromatic heterocycles. The third kappa shape index (κ3) is 6.40. The Labute approximate surface area is 96.2 Å². The lowest BCUT2D eigenvalue weighted by Gasteiger charge is -2.19. The minimum atomic E-state index is -0.936. The number of nitrogens with one attached hydrogen (secondary N) is 1. The predicted octanol–water partition coefficient (Wildman–Crippen LogP) is 1.03. The summed E-state index contributed by atoms with van der Waals surface area (Å²) >= 11 is 0. The Balaban J connectivity index is 3.77. The largest absolute Gasteiger partial charge is 0.481 e. The summed E-state index contributed by atoms with van der Waals surface area (Å²) in [6, 6.07) is 0. The molecule has 0 aliphatic rings. The van der Waals surface area contributed by atoms with E-state index < -0.39 is 11.4 Å². The van der Waals surface area contributed by atoms with Gasteiger partial charge in [-0.05, 0) is 27.7 Å². The number of aliphatic carboxylic acids is 1. The maximum Gasteiger partial charge on any atom is 0.310 e. The molecule has 0 bridgehead atoms. The highest BCUT2D eigenvalue weighted by molar-refractivity contribution is 5.78. The molecular weight excluding hydrogens is 210 g/mol. The van der Waals surface area contributed by atoms with Gasteiger partial charge in [0.15, 0.2) is 0 Å². The quantitative estimate of drug-likeness (QED) is 0.686. The molecule has 0 atom stereocenters. The van der Waals surface area contributed by atoms with E-state index in [0.29, 0.717) is 6.61 Å². The molecule has 0 aliphatic carbocycles. The molecule has 0 radical (unpaired) electrons. The highest BCUT2D eigenvalue weighted by atomic mass is 16.5. The molecule has 0 aliphatic heterocycles. The highest BCUT2D eigenvalue weighted by Crippen LogP contribution is 2.12. The van der Waals surface area contributed by atoms with Crippen LogP contribution in [0.4, 0.5) is 0 Å².